The van der Waals surface area contributed by atoms with Crippen LogP contribution >= 0.6 is 0 Å². The standard InChI is InChI=1S/C13H14N2O/c1-15-9-5-8-12(10-15)13(14-16)11-6-3-2-4-7-11/h2-7,9-10,16H,8H2,1H3/b14-13+. The molecule has 3 heteroatoms. The third kappa shape index (κ3) is 2.14. The molecule has 0 atom stereocenters. The summed E-state index contributed by atoms with van der Waals surface area (Å²) in [5, 5.41) is 12.5. The van der Waals surface area contributed by atoms with Crippen LogP contribution in [0.2, 0.25) is 0 Å². The molecule has 0 aromatic heterocycles. The highest BCUT2D eigenvalue weighted by Gasteiger charge is 2.12. The minimum atomic E-state index is 0.636. The third-order valence-electron chi connectivity index (χ3n) is 2.49. The lowest BCUT2D eigenvalue weighted by atomic mass is 9.99. The Morgan fingerprint density at radius 1 is 1.31 bits per heavy atom. The van der Waals surface area contributed by atoms with E-state index in [0.717, 1.165) is 17.6 Å². The molecule has 16 heavy (non-hydrogen) atoms. The maximum atomic E-state index is 9.12. The van der Waals surface area contributed by atoms with Crippen molar-refractivity contribution >= 4 is 5.71 Å². The maximum absolute atomic E-state index is 9.12. The van der Waals surface area contributed by atoms with Gasteiger partial charge in [-0.25, -0.2) is 0 Å². The van der Waals surface area contributed by atoms with Gasteiger partial charge < -0.3 is 10.1 Å². The molecule has 0 amide bonds. The third-order valence-corrected chi connectivity index (χ3v) is 2.49. The average molecular weight is 214 g/mol. The Morgan fingerprint density at radius 2 is 2.06 bits per heavy atom. The molecule has 1 N–H and O–H groups in total. The van der Waals surface area contributed by atoms with Gasteiger partial charge >= 0.3 is 0 Å². The van der Waals surface area contributed by atoms with E-state index in [0.29, 0.717) is 5.71 Å². The molecule has 0 unspecified atom stereocenters. The molecule has 0 spiro atoms. The zero-order valence-electron chi connectivity index (χ0n) is 9.17. The number of oxime groups is 1. The van der Waals surface area contributed by atoms with Crippen molar-refractivity contribution in [2.75, 3.05) is 7.05 Å². The van der Waals surface area contributed by atoms with Crippen LogP contribution in [0.3, 0.4) is 0 Å². The van der Waals surface area contributed by atoms with Gasteiger partial charge in [0.05, 0.1) is 0 Å². The zero-order valence-corrected chi connectivity index (χ0v) is 9.17. The lowest BCUT2D eigenvalue weighted by Crippen LogP contribution is -2.13. The second-order valence-corrected chi connectivity index (χ2v) is 3.72. The summed E-state index contributed by atoms with van der Waals surface area (Å²) in [5.41, 5.74) is 2.58. The Labute approximate surface area is 95.0 Å². The molecule has 1 aliphatic rings. The molecule has 2 rings (SSSR count). The Kier molecular flexibility index (Phi) is 3.05. The van der Waals surface area contributed by atoms with Crippen LogP contribution in [0.25, 0.3) is 0 Å². The van der Waals surface area contributed by atoms with E-state index in [1.54, 1.807) is 0 Å². The minimum Gasteiger partial charge on any atom is -0.410 e. The molecule has 0 aliphatic carbocycles. The molecule has 1 aliphatic heterocycles. The van der Waals surface area contributed by atoms with Crippen molar-refractivity contribution in [1.82, 2.24) is 4.90 Å². The molecule has 82 valence electrons. The van der Waals surface area contributed by atoms with Gasteiger partial charge in [0.2, 0.25) is 0 Å². The van der Waals surface area contributed by atoms with Gasteiger partial charge in [-0.2, -0.15) is 0 Å². The average Bonchev–Trinajstić information content (AvgIpc) is 2.31. The molecule has 0 saturated heterocycles. The molecule has 1 aromatic carbocycles. The highest BCUT2D eigenvalue weighted by molar-refractivity contribution is 6.12. The number of nitrogens with zero attached hydrogens (tertiary/aromatic N) is 2. The van der Waals surface area contributed by atoms with Crippen molar-refractivity contribution in [2.24, 2.45) is 5.16 Å². The zero-order chi connectivity index (χ0) is 11.4. The Hall–Kier alpha value is -2.03. The van der Waals surface area contributed by atoms with Gasteiger partial charge in [-0.1, -0.05) is 41.6 Å². The SMILES string of the molecule is CN1C=CCC(/C(=N/O)c2ccccc2)=C1. The lowest BCUT2D eigenvalue weighted by molar-refractivity contribution is 0.319. The molecule has 1 aromatic rings. The van der Waals surface area contributed by atoms with Gasteiger partial charge in [0.25, 0.3) is 0 Å². The summed E-state index contributed by atoms with van der Waals surface area (Å²) in [6.07, 6.45) is 6.80. The Bertz CT molecular complexity index is 446. The monoisotopic (exact) mass is 214 g/mol. The van der Waals surface area contributed by atoms with Gasteiger partial charge in [-0.15, -0.1) is 0 Å². The highest BCUT2D eigenvalue weighted by atomic mass is 16.4. The van der Waals surface area contributed by atoms with Crippen molar-refractivity contribution in [1.29, 1.82) is 0 Å². The maximum Gasteiger partial charge on any atom is 0.114 e. The summed E-state index contributed by atoms with van der Waals surface area (Å²) in [6, 6.07) is 9.69. The molecular formula is C13H14N2O. The van der Waals surface area contributed by atoms with Crippen LogP contribution in [0.5, 0.6) is 0 Å². The van der Waals surface area contributed by atoms with Crippen LogP contribution in [0.1, 0.15) is 12.0 Å². The van der Waals surface area contributed by atoms with E-state index in [9.17, 15) is 0 Å². The summed E-state index contributed by atoms with van der Waals surface area (Å²) >= 11 is 0. The van der Waals surface area contributed by atoms with Crippen LogP contribution in [0.4, 0.5) is 0 Å². The molecule has 0 fully saturated rings. The van der Waals surface area contributed by atoms with Crippen LogP contribution < -0.4 is 0 Å². The summed E-state index contributed by atoms with van der Waals surface area (Å²) in [5.74, 6) is 0. The summed E-state index contributed by atoms with van der Waals surface area (Å²) in [7, 11) is 1.95. The molecule has 0 bridgehead atoms. The largest absolute Gasteiger partial charge is 0.410 e. The smallest absolute Gasteiger partial charge is 0.114 e. The van der Waals surface area contributed by atoms with Crippen LogP contribution in [-0.4, -0.2) is 22.9 Å². The number of hydrogen-bond donors (Lipinski definition) is 1. The number of allylic oxidation sites excluding steroid dienone is 2. The summed E-state index contributed by atoms with van der Waals surface area (Å²) in [6.45, 7) is 0. The second kappa shape index (κ2) is 4.66. The number of benzene rings is 1. The van der Waals surface area contributed by atoms with Gasteiger partial charge in [0.1, 0.15) is 5.71 Å². The van der Waals surface area contributed by atoms with Crippen molar-refractivity contribution in [3.8, 4) is 0 Å². The number of hydrogen-bond acceptors (Lipinski definition) is 3. The molecule has 0 radical (unpaired) electrons. The predicted molar refractivity (Wildman–Crippen MR) is 64.4 cm³/mol. The second-order valence-electron chi connectivity index (χ2n) is 3.72. The molecule has 0 saturated carbocycles. The molecule has 1 heterocycles. The van der Waals surface area contributed by atoms with Gasteiger partial charge in [0.15, 0.2) is 0 Å². The predicted octanol–water partition coefficient (Wildman–Crippen LogP) is 2.60. The van der Waals surface area contributed by atoms with Crippen LogP contribution in [0, 0.1) is 0 Å². The fourth-order valence-corrected chi connectivity index (χ4v) is 1.75. The van der Waals surface area contributed by atoms with Crippen molar-refractivity contribution in [2.45, 2.75) is 6.42 Å². The van der Waals surface area contributed by atoms with E-state index in [-0.39, 0.29) is 0 Å². The van der Waals surface area contributed by atoms with Gasteiger partial charge in [-0.05, 0) is 12.6 Å². The van der Waals surface area contributed by atoms with Crippen LogP contribution in [0.15, 0.2) is 59.5 Å². The van der Waals surface area contributed by atoms with E-state index < -0.39 is 0 Å². The quantitative estimate of drug-likeness (QED) is 0.466. The first-order valence-corrected chi connectivity index (χ1v) is 5.18. The Morgan fingerprint density at radius 3 is 2.69 bits per heavy atom. The normalized spacial score (nSPS) is 16.2. The van der Waals surface area contributed by atoms with Crippen molar-refractivity contribution in [3.05, 3.63) is 59.9 Å². The van der Waals surface area contributed by atoms with Crippen LogP contribution in [-0.2, 0) is 0 Å². The fraction of sp³-hybridized carbons (Fsp3) is 0.154. The first-order chi connectivity index (χ1) is 7.81. The van der Waals surface area contributed by atoms with E-state index in [1.807, 2.05) is 60.8 Å². The fourth-order valence-electron chi connectivity index (χ4n) is 1.75. The molecular weight excluding hydrogens is 200 g/mol. The van der Waals surface area contributed by atoms with Crippen molar-refractivity contribution in [3.63, 3.8) is 0 Å². The molecule has 3 nitrogen and oxygen atoms in total. The minimum absolute atomic E-state index is 0.636. The first-order valence-electron chi connectivity index (χ1n) is 5.18. The van der Waals surface area contributed by atoms with Gasteiger partial charge in [0, 0.05) is 24.4 Å². The summed E-state index contributed by atoms with van der Waals surface area (Å²) in [4.78, 5) is 1.95. The first kappa shape index (κ1) is 10.5. The van der Waals surface area contributed by atoms with E-state index in [2.05, 4.69) is 5.16 Å². The topological polar surface area (TPSA) is 35.8 Å². The summed E-state index contributed by atoms with van der Waals surface area (Å²) < 4.78 is 0. The van der Waals surface area contributed by atoms with E-state index >= 15 is 0 Å². The number of rotatable bonds is 2. The van der Waals surface area contributed by atoms with Crippen molar-refractivity contribution < 1.29 is 5.21 Å². The van der Waals surface area contributed by atoms with E-state index in [1.165, 1.54) is 0 Å². The van der Waals surface area contributed by atoms with E-state index in [4.69, 9.17) is 5.21 Å². The van der Waals surface area contributed by atoms with Gasteiger partial charge in [-0.3, -0.25) is 0 Å². The Balaban J connectivity index is 2.32. The highest BCUT2D eigenvalue weighted by Crippen LogP contribution is 2.17. The lowest BCUT2D eigenvalue weighted by Gasteiger charge is -2.17.